The molecule has 0 aliphatic carbocycles. The molecule has 0 saturated heterocycles. The quantitative estimate of drug-likeness (QED) is 0.681. The van der Waals surface area contributed by atoms with Crippen molar-refractivity contribution in [2.75, 3.05) is 20.3 Å². The van der Waals surface area contributed by atoms with Crippen molar-refractivity contribution in [1.29, 1.82) is 0 Å². The normalized spacial score (nSPS) is 12.1. The zero-order chi connectivity index (χ0) is 13.2. The number of methoxy groups -OCH3 is 1. The van der Waals surface area contributed by atoms with Crippen molar-refractivity contribution in [3.63, 3.8) is 0 Å². The first kappa shape index (κ1) is 14.7. The van der Waals surface area contributed by atoms with Crippen molar-refractivity contribution >= 4 is 5.91 Å². The molecule has 18 heavy (non-hydrogen) atoms. The molecule has 0 radical (unpaired) electrons. The first-order valence-corrected chi connectivity index (χ1v) is 6.20. The molecule has 1 unspecified atom stereocenters. The summed E-state index contributed by atoms with van der Waals surface area (Å²) in [6.07, 6.45) is 1.15. The summed E-state index contributed by atoms with van der Waals surface area (Å²) in [5.74, 6) is -0.0424. The second-order valence-corrected chi connectivity index (χ2v) is 4.24. The molecule has 1 amide bonds. The fourth-order valence-electron chi connectivity index (χ4n) is 1.66. The fraction of sp³-hybridized carbons (Fsp3) is 0.500. The van der Waals surface area contributed by atoms with E-state index in [9.17, 15) is 9.90 Å². The highest BCUT2D eigenvalue weighted by molar-refractivity contribution is 5.75. The number of aliphatic hydroxyl groups excluding tert-OH is 1. The highest BCUT2D eigenvalue weighted by atomic mass is 16.5. The average molecular weight is 251 g/mol. The minimum Gasteiger partial charge on any atom is -0.391 e. The van der Waals surface area contributed by atoms with Gasteiger partial charge in [0.05, 0.1) is 6.10 Å². The van der Waals surface area contributed by atoms with Crippen molar-refractivity contribution in [3.05, 3.63) is 35.9 Å². The second-order valence-electron chi connectivity index (χ2n) is 4.24. The van der Waals surface area contributed by atoms with Crippen LogP contribution in [0.1, 0.15) is 18.4 Å². The van der Waals surface area contributed by atoms with Crippen LogP contribution in [0.3, 0.4) is 0 Å². The zero-order valence-corrected chi connectivity index (χ0v) is 10.8. The molecular weight excluding hydrogens is 230 g/mol. The molecule has 2 N–H and O–H groups in total. The zero-order valence-electron chi connectivity index (χ0n) is 10.8. The van der Waals surface area contributed by atoms with E-state index >= 15 is 0 Å². The summed E-state index contributed by atoms with van der Waals surface area (Å²) in [5, 5.41) is 12.5. The number of ether oxygens (including phenoxy) is 1. The lowest BCUT2D eigenvalue weighted by Gasteiger charge is -2.12. The monoisotopic (exact) mass is 251 g/mol. The number of hydrogen-bond acceptors (Lipinski definition) is 3. The molecule has 4 nitrogen and oxygen atoms in total. The second kappa shape index (κ2) is 8.66. The van der Waals surface area contributed by atoms with E-state index in [0.717, 1.165) is 5.56 Å². The molecule has 4 heteroatoms. The van der Waals surface area contributed by atoms with Gasteiger partial charge in [0.25, 0.3) is 0 Å². The standard InChI is InChI=1S/C14H21NO3/c1-18-9-5-8-14(17)15-11-13(16)10-12-6-3-2-4-7-12/h2-4,6-7,13,16H,5,8-11H2,1H3,(H,15,17). The smallest absolute Gasteiger partial charge is 0.220 e. The summed E-state index contributed by atoms with van der Waals surface area (Å²) in [4.78, 5) is 11.4. The first-order valence-electron chi connectivity index (χ1n) is 6.20. The molecule has 1 aromatic rings. The summed E-state index contributed by atoms with van der Waals surface area (Å²) in [7, 11) is 1.61. The lowest BCUT2D eigenvalue weighted by atomic mass is 10.1. The molecule has 0 aliphatic rings. The summed E-state index contributed by atoms with van der Waals surface area (Å²) in [6.45, 7) is 0.876. The summed E-state index contributed by atoms with van der Waals surface area (Å²) in [6, 6.07) is 9.73. The largest absolute Gasteiger partial charge is 0.391 e. The van der Waals surface area contributed by atoms with Crippen LogP contribution in [0.5, 0.6) is 0 Å². The summed E-state index contributed by atoms with van der Waals surface area (Å²) >= 11 is 0. The van der Waals surface area contributed by atoms with Gasteiger partial charge in [-0.2, -0.15) is 0 Å². The molecule has 1 atom stereocenters. The minimum atomic E-state index is -0.543. The maximum Gasteiger partial charge on any atom is 0.220 e. The molecule has 0 bridgehead atoms. The van der Waals surface area contributed by atoms with E-state index in [1.807, 2.05) is 30.3 Å². The topological polar surface area (TPSA) is 58.6 Å². The van der Waals surface area contributed by atoms with E-state index in [1.54, 1.807) is 7.11 Å². The molecule has 1 aromatic carbocycles. The van der Waals surface area contributed by atoms with Crippen molar-refractivity contribution in [1.82, 2.24) is 5.32 Å². The van der Waals surface area contributed by atoms with Crippen LogP contribution in [-0.4, -0.2) is 37.4 Å². The highest BCUT2D eigenvalue weighted by Crippen LogP contribution is 2.02. The van der Waals surface area contributed by atoms with Gasteiger partial charge < -0.3 is 15.2 Å². The first-order chi connectivity index (χ1) is 8.72. The number of hydrogen-bond donors (Lipinski definition) is 2. The number of amides is 1. The molecule has 0 saturated carbocycles. The molecule has 0 aromatic heterocycles. The van der Waals surface area contributed by atoms with Gasteiger partial charge in [0.1, 0.15) is 0 Å². The van der Waals surface area contributed by atoms with E-state index in [-0.39, 0.29) is 5.91 Å². The number of aliphatic hydroxyl groups is 1. The van der Waals surface area contributed by atoms with E-state index in [0.29, 0.717) is 32.4 Å². The van der Waals surface area contributed by atoms with Gasteiger partial charge in [-0.15, -0.1) is 0 Å². The maximum absolute atomic E-state index is 11.4. The van der Waals surface area contributed by atoms with Crippen molar-refractivity contribution in [3.8, 4) is 0 Å². The molecular formula is C14H21NO3. The Balaban J connectivity index is 2.17. The van der Waals surface area contributed by atoms with Crippen molar-refractivity contribution in [2.24, 2.45) is 0 Å². The maximum atomic E-state index is 11.4. The molecule has 0 spiro atoms. The molecule has 100 valence electrons. The lowest BCUT2D eigenvalue weighted by molar-refractivity contribution is -0.121. The number of carbonyl (C=O) groups is 1. The van der Waals surface area contributed by atoms with E-state index in [2.05, 4.69) is 5.32 Å². The Morgan fingerprint density at radius 3 is 2.78 bits per heavy atom. The van der Waals surface area contributed by atoms with Crippen LogP contribution >= 0.6 is 0 Å². The Bertz CT molecular complexity index is 340. The number of benzene rings is 1. The van der Waals surface area contributed by atoms with Crippen LogP contribution in [0.25, 0.3) is 0 Å². The minimum absolute atomic E-state index is 0.0424. The van der Waals surface area contributed by atoms with Crippen LogP contribution in [0.15, 0.2) is 30.3 Å². The number of rotatable bonds is 8. The SMILES string of the molecule is COCCCC(=O)NCC(O)Cc1ccccc1. The third-order valence-electron chi connectivity index (χ3n) is 2.60. The van der Waals surface area contributed by atoms with E-state index in [1.165, 1.54) is 0 Å². The molecule has 0 aliphatic heterocycles. The Morgan fingerprint density at radius 1 is 1.39 bits per heavy atom. The molecule has 0 heterocycles. The summed E-state index contributed by atoms with van der Waals surface area (Å²) in [5.41, 5.74) is 1.07. The van der Waals surface area contributed by atoms with Crippen molar-refractivity contribution < 1.29 is 14.6 Å². The predicted octanol–water partition coefficient (Wildman–Crippen LogP) is 1.13. The third kappa shape index (κ3) is 6.37. The fourth-order valence-corrected chi connectivity index (χ4v) is 1.66. The van der Waals surface area contributed by atoms with Gasteiger partial charge in [-0.25, -0.2) is 0 Å². The predicted molar refractivity (Wildman–Crippen MR) is 70.3 cm³/mol. The Hall–Kier alpha value is -1.39. The summed E-state index contributed by atoms with van der Waals surface area (Å²) < 4.78 is 4.87. The van der Waals surface area contributed by atoms with Crippen molar-refractivity contribution in [2.45, 2.75) is 25.4 Å². The third-order valence-corrected chi connectivity index (χ3v) is 2.60. The van der Waals surface area contributed by atoms with Crippen LogP contribution in [0.2, 0.25) is 0 Å². The van der Waals surface area contributed by atoms with Gasteiger partial charge in [-0.1, -0.05) is 30.3 Å². The Labute approximate surface area is 108 Å². The Morgan fingerprint density at radius 2 is 2.11 bits per heavy atom. The van der Waals surface area contributed by atoms with Gasteiger partial charge in [0.2, 0.25) is 5.91 Å². The van der Waals surface area contributed by atoms with Crippen LogP contribution < -0.4 is 5.32 Å². The number of carbonyl (C=O) groups excluding carboxylic acids is 1. The Kier molecular flexibility index (Phi) is 7.06. The van der Waals surface area contributed by atoms with E-state index in [4.69, 9.17) is 4.74 Å². The van der Waals surface area contributed by atoms with Crippen LogP contribution in [0, 0.1) is 0 Å². The molecule has 0 fully saturated rings. The average Bonchev–Trinajstić information content (AvgIpc) is 2.38. The van der Waals surface area contributed by atoms with Gasteiger partial charge in [0.15, 0.2) is 0 Å². The van der Waals surface area contributed by atoms with Gasteiger partial charge in [-0.3, -0.25) is 4.79 Å². The molecule has 1 rings (SSSR count). The van der Waals surface area contributed by atoms with Crippen LogP contribution in [0.4, 0.5) is 0 Å². The van der Waals surface area contributed by atoms with Crippen LogP contribution in [-0.2, 0) is 16.0 Å². The highest BCUT2D eigenvalue weighted by Gasteiger charge is 2.07. The van der Waals surface area contributed by atoms with E-state index < -0.39 is 6.10 Å². The van der Waals surface area contributed by atoms with Gasteiger partial charge in [-0.05, 0) is 12.0 Å². The van der Waals surface area contributed by atoms with Gasteiger partial charge >= 0.3 is 0 Å². The van der Waals surface area contributed by atoms with Gasteiger partial charge in [0, 0.05) is 33.1 Å². The lowest BCUT2D eigenvalue weighted by Crippen LogP contribution is -2.33. The number of nitrogens with one attached hydrogen (secondary N) is 1.